The van der Waals surface area contributed by atoms with E-state index in [9.17, 15) is 14.4 Å². The van der Waals surface area contributed by atoms with Crippen LogP contribution in [-0.4, -0.2) is 62.1 Å². The molecular formula is C19H18N6O4. The molecule has 3 heterocycles. The van der Waals surface area contributed by atoms with Gasteiger partial charge in [-0.05, 0) is 6.07 Å². The van der Waals surface area contributed by atoms with Gasteiger partial charge in [0.1, 0.15) is 13.2 Å². The summed E-state index contributed by atoms with van der Waals surface area (Å²) in [5, 5.41) is 15.3. The third-order valence-corrected chi connectivity index (χ3v) is 4.40. The molecule has 1 aromatic carbocycles. The molecule has 0 atom stereocenters. The van der Waals surface area contributed by atoms with Crippen LogP contribution >= 0.6 is 0 Å². The van der Waals surface area contributed by atoms with Crippen LogP contribution < -0.4 is 10.1 Å². The van der Waals surface area contributed by atoms with E-state index in [2.05, 4.69) is 20.6 Å². The lowest BCUT2D eigenvalue weighted by Crippen LogP contribution is -2.41. The lowest BCUT2D eigenvalue weighted by atomic mass is 10.2. The Bertz CT molecular complexity index is 1050. The van der Waals surface area contributed by atoms with E-state index in [0.717, 1.165) is 10.5 Å². The molecule has 1 saturated heterocycles. The molecule has 10 heteroatoms. The Kier molecular flexibility index (Phi) is 5.14. The molecule has 0 radical (unpaired) electrons. The average Bonchev–Trinajstić information content (AvgIpc) is 3.30. The van der Waals surface area contributed by atoms with Gasteiger partial charge in [-0.3, -0.25) is 19.3 Å². The van der Waals surface area contributed by atoms with E-state index in [1.807, 2.05) is 30.3 Å². The zero-order chi connectivity index (χ0) is 20.2. The Hall–Kier alpha value is -3.82. The Balaban J connectivity index is 1.32. The first kappa shape index (κ1) is 18.5. The van der Waals surface area contributed by atoms with Gasteiger partial charge in [-0.15, -0.1) is 15.3 Å². The van der Waals surface area contributed by atoms with Crippen LogP contribution in [0.5, 0.6) is 5.88 Å². The Morgan fingerprint density at radius 2 is 1.79 bits per heavy atom. The van der Waals surface area contributed by atoms with E-state index in [0.29, 0.717) is 17.4 Å². The molecule has 0 unspecified atom stereocenters. The molecule has 0 spiro atoms. The summed E-state index contributed by atoms with van der Waals surface area (Å²) in [6.45, 7) is 0.125. The van der Waals surface area contributed by atoms with E-state index in [-0.39, 0.29) is 44.4 Å². The molecule has 3 aromatic rings. The van der Waals surface area contributed by atoms with Crippen LogP contribution in [0.3, 0.4) is 0 Å². The standard InChI is InChI=1S/C19H18N6O4/c26-15(12-24-17(27)8-9-18(24)28)20-10-11-29-16-7-6-14-21-22-19(25(14)23-16)13-4-2-1-3-5-13/h1-7H,8-12H2,(H,20,26). The smallest absolute Gasteiger partial charge is 0.240 e. The number of rotatable bonds is 7. The minimum Gasteiger partial charge on any atom is -0.475 e. The van der Waals surface area contributed by atoms with Crippen molar-refractivity contribution >= 4 is 23.4 Å². The molecular weight excluding hydrogens is 376 g/mol. The minimum absolute atomic E-state index is 0.164. The molecule has 10 nitrogen and oxygen atoms in total. The number of ether oxygens (including phenoxy) is 1. The van der Waals surface area contributed by atoms with Crippen molar-refractivity contribution in [2.45, 2.75) is 12.8 Å². The highest BCUT2D eigenvalue weighted by Crippen LogP contribution is 2.18. The lowest BCUT2D eigenvalue weighted by Gasteiger charge is -2.13. The van der Waals surface area contributed by atoms with Crippen molar-refractivity contribution in [3.8, 4) is 17.3 Å². The summed E-state index contributed by atoms with van der Waals surface area (Å²) in [5.41, 5.74) is 1.47. The molecule has 0 bridgehead atoms. The summed E-state index contributed by atoms with van der Waals surface area (Å²) >= 11 is 0. The van der Waals surface area contributed by atoms with Gasteiger partial charge in [-0.25, -0.2) is 0 Å². The second-order valence-electron chi connectivity index (χ2n) is 6.40. The maximum atomic E-state index is 11.9. The number of nitrogens with zero attached hydrogens (tertiary/aromatic N) is 5. The second-order valence-corrected chi connectivity index (χ2v) is 6.40. The largest absolute Gasteiger partial charge is 0.475 e. The van der Waals surface area contributed by atoms with Crippen LogP contribution in [0.4, 0.5) is 0 Å². The van der Waals surface area contributed by atoms with Gasteiger partial charge in [0, 0.05) is 24.5 Å². The molecule has 148 valence electrons. The van der Waals surface area contributed by atoms with Crippen LogP contribution in [0, 0.1) is 0 Å². The molecule has 2 aromatic heterocycles. The van der Waals surface area contributed by atoms with E-state index in [4.69, 9.17) is 4.74 Å². The van der Waals surface area contributed by atoms with Crippen LogP contribution in [0.2, 0.25) is 0 Å². The maximum absolute atomic E-state index is 11.9. The average molecular weight is 394 g/mol. The van der Waals surface area contributed by atoms with E-state index >= 15 is 0 Å². The fourth-order valence-corrected chi connectivity index (χ4v) is 2.96. The van der Waals surface area contributed by atoms with Gasteiger partial charge in [0.05, 0.1) is 6.54 Å². The molecule has 29 heavy (non-hydrogen) atoms. The van der Waals surface area contributed by atoms with Crippen molar-refractivity contribution in [3.63, 3.8) is 0 Å². The van der Waals surface area contributed by atoms with Crippen molar-refractivity contribution in [1.29, 1.82) is 0 Å². The normalized spacial score (nSPS) is 13.9. The number of imide groups is 1. The molecule has 0 aliphatic carbocycles. The summed E-state index contributed by atoms with van der Waals surface area (Å²) in [6.07, 6.45) is 0.328. The molecule has 4 rings (SSSR count). The number of carbonyl (C=O) groups is 3. The van der Waals surface area contributed by atoms with Crippen LogP contribution in [0.25, 0.3) is 17.0 Å². The maximum Gasteiger partial charge on any atom is 0.240 e. The Labute approximate surface area is 165 Å². The fraction of sp³-hybridized carbons (Fsp3) is 0.263. The highest BCUT2D eigenvalue weighted by molar-refractivity contribution is 6.04. The minimum atomic E-state index is -0.411. The van der Waals surface area contributed by atoms with Gasteiger partial charge >= 0.3 is 0 Å². The van der Waals surface area contributed by atoms with Crippen molar-refractivity contribution in [2.24, 2.45) is 0 Å². The first-order valence-corrected chi connectivity index (χ1v) is 9.12. The Morgan fingerprint density at radius 3 is 2.55 bits per heavy atom. The zero-order valence-electron chi connectivity index (χ0n) is 15.4. The summed E-state index contributed by atoms with van der Waals surface area (Å²) < 4.78 is 7.18. The van der Waals surface area contributed by atoms with Gasteiger partial charge < -0.3 is 10.1 Å². The van der Waals surface area contributed by atoms with Crippen molar-refractivity contribution < 1.29 is 19.1 Å². The van der Waals surface area contributed by atoms with Gasteiger partial charge in [-0.2, -0.15) is 4.52 Å². The van der Waals surface area contributed by atoms with Gasteiger partial charge in [0.25, 0.3) is 0 Å². The number of carbonyl (C=O) groups excluding carboxylic acids is 3. The predicted octanol–water partition coefficient (Wildman–Crippen LogP) is 0.435. The highest BCUT2D eigenvalue weighted by atomic mass is 16.5. The van der Waals surface area contributed by atoms with E-state index in [1.54, 1.807) is 16.6 Å². The number of nitrogens with one attached hydrogen (secondary N) is 1. The Morgan fingerprint density at radius 1 is 1.03 bits per heavy atom. The van der Waals surface area contributed by atoms with Crippen molar-refractivity contribution in [2.75, 3.05) is 19.7 Å². The number of likely N-dealkylation sites (tertiary alicyclic amines) is 1. The van der Waals surface area contributed by atoms with Crippen LogP contribution in [-0.2, 0) is 14.4 Å². The lowest BCUT2D eigenvalue weighted by molar-refractivity contribution is -0.142. The first-order valence-electron chi connectivity index (χ1n) is 9.12. The molecule has 1 fully saturated rings. The quantitative estimate of drug-likeness (QED) is 0.456. The van der Waals surface area contributed by atoms with Gasteiger partial charge in [0.2, 0.25) is 23.6 Å². The predicted molar refractivity (Wildman–Crippen MR) is 101 cm³/mol. The van der Waals surface area contributed by atoms with Crippen molar-refractivity contribution in [1.82, 2.24) is 30.0 Å². The number of amides is 3. The summed E-state index contributed by atoms with van der Waals surface area (Å²) in [7, 11) is 0. The number of hydrogen-bond donors (Lipinski definition) is 1. The van der Waals surface area contributed by atoms with Crippen LogP contribution in [0.1, 0.15) is 12.8 Å². The number of aromatic nitrogens is 4. The van der Waals surface area contributed by atoms with Crippen molar-refractivity contribution in [3.05, 3.63) is 42.5 Å². The summed E-state index contributed by atoms with van der Waals surface area (Å²) in [6, 6.07) is 13.0. The number of fused-ring (bicyclic) bond motifs is 1. The monoisotopic (exact) mass is 394 g/mol. The summed E-state index contributed by atoms with van der Waals surface area (Å²) in [5.74, 6) is -0.0946. The van der Waals surface area contributed by atoms with Crippen LogP contribution in [0.15, 0.2) is 42.5 Å². The van der Waals surface area contributed by atoms with E-state index < -0.39 is 5.91 Å². The fourth-order valence-electron chi connectivity index (χ4n) is 2.96. The second kappa shape index (κ2) is 8.05. The van der Waals surface area contributed by atoms with Gasteiger partial charge in [-0.1, -0.05) is 30.3 Å². The number of hydrogen-bond acceptors (Lipinski definition) is 7. The molecule has 3 amide bonds. The third-order valence-electron chi connectivity index (χ3n) is 4.40. The van der Waals surface area contributed by atoms with Gasteiger partial charge in [0.15, 0.2) is 11.5 Å². The topological polar surface area (TPSA) is 119 Å². The molecule has 0 saturated carbocycles. The molecule has 1 aliphatic heterocycles. The summed E-state index contributed by atoms with van der Waals surface area (Å²) in [4.78, 5) is 35.9. The van der Waals surface area contributed by atoms with E-state index in [1.165, 1.54) is 0 Å². The highest BCUT2D eigenvalue weighted by Gasteiger charge is 2.30. The zero-order valence-corrected chi connectivity index (χ0v) is 15.4. The number of benzene rings is 1. The molecule has 1 aliphatic rings. The molecule has 1 N–H and O–H groups in total. The first-order chi connectivity index (χ1) is 14.1. The SMILES string of the molecule is O=C(CN1C(=O)CCC1=O)NCCOc1ccc2nnc(-c3ccccc3)n2n1. The third kappa shape index (κ3) is 4.05.